The zero-order valence-electron chi connectivity index (χ0n) is 12.5. The molecule has 0 unspecified atom stereocenters. The number of rotatable bonds is 4. The SMILES string of the molecule is CC(C)(C)c1ccn2ncc(C(=O)NC(CO)CO)c2c1. The summed E-state index contributed by atoms with van der Waals surface area (Å²) in [6.07, 6.45) is 3.31. The number of carbonyl (C=O) groups excluding carboxylic acids is 1. The summed E-state index contributed by atoms with van der Waals surface area (Å²) in [6, 6.07) is 3.25. The second-order valence-corrected chi connectivity index (χ2v) is 6.09. The van der Waals surface area contributed by atoms with Crippen molar-refractivity contribution >= 4 is 11.4 Å². The maximum Gasteiger partial charge on any atom is 0.255 e. The maximum atomic E-state index is 12.2. The summed E-state index contributed by atoms with van der Waals surface area (Å²) in [7, 11) is 0. The molecule has 0 atom stereocenters. The van der Waals surface area contributed by atoms with E-state index in [1.807, 2.05) is 18.3 Å². The third kappa shape index (κ3) is 3.22. The van der Waals surface area contributed by atoms with Gasteiger partial charge in [0, 0.05) is 6.20 Å². The highest BCUT2D eigenvalue weighted by Gasteiger charge is 2.19. The first kappa shape index (κ1) is 15.5. The highest BCUT2D eigenvalue weighted by molar-refractivity contribution is 6.00. The van der Waals surface area contributed by atoms with E-state index < -0.39 is 6.04 Å². The molecule has 1 amide bonds. The van der Waals surface area contributed by atoms with E-state index in [0.717, 1.165) is 5.56 Å². The Bertz CT molecular complexity index is 639. The number of nitrogens with one attached hydrogen (secondary N) is 1. The topological polar surface area (TPSA) is 86.9 Å². The van der Waals surface area contributed by atoms with Crippen LogP contribution in [-0.2, 0) is 5.41 Å². The summed E-state index contributed by atoms with van der Waals surface area (Å²) < 4.78 is 1.64. The summed E-state index contributed by atoms with van der Waals surface area (Å²) in [4.78, 5) is 12.2. The highest BCUT2D eigenvalue weighted by Crippen LogP contribution is 2.24. The van der Waals surface area contributed by atoms with Crippen LogP contribution in [0.4, 0.5) is 0 Å². The van der Waals surface area contributed by atoms with Gasteiger partial charge in [0.15, 0.2) is 0 Å². The van der Waals surface area contributed by atoms with Crippen molar-refractivity contribution in [3.05, 3.63) is 35.7 Å². The molecule has 2 aromatic heterocycles. The molecular formula is C15H21N3O3. The van der Waals surface area contributed by atoms with Crippen molar-refractivity contribution in [1.29, 1.82) is 0 Å². The van der Waals surface area contributed by atoms with Crippen molar-refractivity contribution in [3.63, 3.8) is 0 Å². The van der Waals surface area contributed by atoms with Crippen LogP contribution in [0.25, 0.3) is 5.52 Å². The molecule has 21 heavy (non-hydrogen) atoms. The number of aliphatic hydroxyl groups is 2. The highest BCUT2D eigenvalue weighted by atomic mass is 16.3. The molecule has 6 heteroatoms. The van der Waals surface area contributed by atoms with E-state index in [4.69, 9.17) is 10.2 Å². The van der Waals surface area contributed by atoms with Gasteiger partial charge in [0.25, 0.3) is 5.91 Å². The van der Waals surface area contributed by atoms with E-state index in [9.17, 15) is 4.79 Å². The Morgan fingerprint density at radius 1 is 1.38 bits per heavy atom. The second-order valence-electron chi connectivity index (χ2n) is 6.09. The van der Waals surface area contributed by atoms with Crippen molar-refractivity contribution in [2.75, 3.05) is 13.2 Å². The van der Waals surface area contributed by atoms with Gasteiger partial charge in [-0.25, -0.2) is 4.52 Å². The lowest BCUT2D eigenvalue weighted by atomic mass is 9.87. The van der Waals surface area contributed by atoms with E-state index in [-0.39, 0.29) is 24.5 Å². The van der Waals surface area contributed by atoms with Gasteiger partial charge >= 0.3 is 0 Å². The summed E-state index contributed by atoms with van der Waals surface area (Å²) >= 11 is 0. The molecule has 0 radical (unpaired) electrons. The molecule has 0 aliphatic rings. The number of fused-ring (bicyclic) bond motifs is 1. The lowest BCUT2D eigenvalue weighted by molar-refractivity contribution is 0.0881. The minimum absolute atomic E-state index is 0.0293. The first-order chi connectivity index (χ1) is 9.86. The van der Waals surface area contributed by atoms with Crippen LogP contribution >= 0.6 is 0 Å². The van der Waals surface area contributed by atoms with Gasteiger partial charge in [0.2, 0.25) is 0 Å². The average Bonchev–Trinajstić information content (AvgIpc) is 2.86. The molecule has 0 spiro atoms. The summed E-state index contributed by atoms with van der Waals surface area (Å²) in [6.45, 7) is 5.68. The lowest BCUT2D eigenvalue weighted by Gasteiger charge is -2.19. The number of hydrogen-bond acceptors (Lipinski definition) is 4. The third-order valence-electron chi connectivity index (χ3n) is 3.41. The maximum absolute atomic E-state index is 12.2. The Morgan fingerprint density at radius 2 is 2.05 bits per heavy atom. The van der Waals surface area contributed by atoms with Gasteiger partial charge in [-0.05, 0) is 23.1 Å². The van der Waals surface area contributed by atoms with Crippen LogP contribution in [0.3, 0.4) is 0 Å². The Labute approximate surface area is 123 Å². The van der Waals surface area contributed by atoms with Gasteiger partial charge in [-0.15, -0.1) is 0 Å². The first-order valence-corrected chi connectivity index (χ1v) is 6.87. The molecule has 2 heterocycles. The number of amides is 1. The molecule has 0 saturated carbocycles. The van der Waals surface area contributed by atoms with Crippen molar-refractivity contribution in [2.24, 2.45) is 0 Å². The minimum Gasteiger partial charge on any atom is -0.394 e. The largest absolute Gasteiger partial charge is 0.394 e. The van der Waals surface area contributed by atoms with Gasteiger partial charge in [0.1, 0.15) is 0 Å². The van der Waals surface area contributed by atoms with Crippen molar-refractivity contribution in [1.82, 2.24) is 14.9 Å². The molecule has 0 aliphatic heterocycles. The second kappa shape index (κ2) is 5.83. The van der Waals surface area contributed by atoms with Gasteiger partial charge in [0.05, 0.1) is 36.5 Å². The van der Waals surface area contributed by atoms with E-state index in [1.54, 1.807) is 4.52 Å². The number of carbonyl (C=O) groups is 1. The van der Waals surface area contributed by atoms with E-state index >= 15 is 0 Å². The Hall–Kier alpha value is -1.92. The average molecular weight is 291 g/mol. The predicted octanol–water partition coefficient (Wildman–Crippen LogP) is 0.715. The number of nitrogens with zero attached hydrogens (tertiary/aromatic N) is 2. The molecule has 0 aliphatic carbocycles. The summed E-state index contributed by atoms with van der Waals surface area (Å²) in [5, 5.41) is 24.8. The molecular weight excluding hydrogens is 270 g/mol. The number of aliphatic hydroxyl groups excluding tert-OH is 2. The van der Waals surface area contributed by atoms with Gasteiger partial charge < -0.3 is 15.5 Å². The van der Waals surface area contributed by atoms with E-state index in [0.29, 0.717) is 11.1 Å². The van der Waals surface area contributed by atoms with Crippen LogP contribution in [0.5, 0.6) is 0 Å². The molecule has 2 aromatic rings. The summed E-state index contributed by atoms with van der Waals surface area (Å²) in [5.74, 6) is -0.357. The molecule has 114 valence electrons. The van der Waals surface area contributed by atoms with Crippen LogP contribution in [0.1, 0.15) is 36.7 Å². The predicted molar refractivity (Wildman–Crippen MR) is 79.3 cm³/mol. The first-order valence-electron chi connectivity index (χ1n) is 6.87. The lowest BCUT2D eigenvalue weighted by Crippen LogP contribution is -2.40. The van der Waals surface area contributed by atoms with Crippen molar-refractivity contribution < 1.29 is 15.0 Å². The molecule has 0 fully saturated rings. The fourth-order valence-corrected chi connectivity index (χ4v) is 2.03. The minimum atomic E-state index is -0.668. The quantitative estimate of drug-likeness (QED) is 0.774. The third-order valence-corrected chi connectivity index (χ3v) is 3.41. The Balaban J connectivity index is 2.38. The van der Waals surface area contributed by atoms with Crippen LogP contribution in [-0.4, -0.2) is 45.0 Å². The monoisotopic (exact) mass is 291 g/mol. The van der Waals surface area contributed by atoms with Crippen molar-refractivity contribution in [2.45, 2.75) is 32.2 Å². The van der Waals surface area contributed by atoms with Crippen LogP contribution < -0.4 is 5.32 Å². The standard InChI is InChI=1S/C15H21N3O3/c1-15(2,3)10-4-5-18-13(6-10)12(7-16-18)14(21)17-11(8-19)9-20/h4-7,11,19-20H,8-9H2,1-3H3,(H,17,21). The van der Waals surface area contributed by atoms with Gasteiger partial charge in [-0.2, -0.15) is 5.10 Å². The number of hydrogen-bond donors (Lipinski definition) is 3. The van der Waals surface area contributed by atoms with Crippen LogP contribution in [0.15, 0.2) is 24.5 Å². The molecule has 3 N–H and O–H groups in total. The number of aromatic nitrogens is 2. The zero-order chi connectivity index (χ0) is 15.6. The Kier molecular flexibility index (Phi) is 4.29. The zero-order valence-corrected chi connectivity index (χ0v) is 12.5. The fourth-order valence-electron chi connectivity index (χ4n) is 2.03. The number of pyridine rings is 1. The van der Waals surface area contributed by atoms with Crippen LogP contribution in [0.2, 0.25) is 0 Å². The summed E-state index contributed by atoms with van der Waals surface area (Å²) in [5.41, 5.74) is 2.20. The smallest absolute Gasteiger partial charge is 0.255 e. The Morgan fingerprint density at radius 3 is 2.62 bits per heavy atom. The molecule has 2 rings (SSSR count). The molecule has 6 nitrogen and oxygen atoms in total. The van der Waals surface area contributed by atoms with Gasteiger partial charge in [-0.3, -0.25) is 4.79 Å². The van der Waals surface area contributed by atoms with Crippen molar-refractivity contribution in [3.8, 4) is 0 Å². The normalized spacial score (nSPS) is 12.1. The fraction of sp³-hybridized carbons (Fsp3) is 0.467. The van der Waals surface area contributed by atoms with E-state index in [2.05, 4.69) is 31.2 Å². The van der Waals surface area contributed by atoms with Crippen LogP contribution in [0, 0.1) is 0 Å². The van der Waals surface area contributed by atoms with E-state index in [1.165, 1.54) is 6.20 Å². The molecule has 0 saturated heterocycles. The molecule has 0 aromatic carbocycles. The molecule has 0 bridgehead atoms. The van der Waals surface area contributed by atoms with Gasteiger partial charge in [-0.1, -0.05) is 20.8 Å².